The second-order valence-corrected chi connectivity index (χ2v) is 6.74. The summed E-state index contributed by atoms with van der Waals surface area (Å²) in [4.78, 5) is 15.7. The van der Waals surface area contributed by atoms with E-state index < -0.39 is 16.8 Å². The van der Waals surface area contributed by atoms with Crippen LogP contribution in [0.15, 0.2) is 18.2 Å². The monoisotopic (exact) mass is 292 g/mol. The molecule has 1 aromatic heterocycles. The number of benzene rings is 1. The fourth-order valence-corrected chi connectivity index (χ4v) is 2.82. The fraction of sp³-hybridized carbons (Fsp3) is 0.429. The lowest BCUT2D eigenvalue weighted by atomic mass is 10.2. The van der Waals surface area contributed by atoms with Gasteiger partial charge in [-0.05, 0) is 31.0 Å². The molecule has 1 aromatic carbocycles. The molecule has 1 saturated carbocycles. The Morgan fingerprint density at radius 1 is 1.50 bits per heavy atom. The van der Waals surface area contributed by atoms with Crippen LogP contribution >= 0.6 is 0 Å². The first-order valence-electron chi connectivity index (χ1n) is 6.60. The molecule has 1 N–H and O–H groups in total. The average molecular weight is 292 g/mol. The van der Waals surface area contributed by atoms with Gasteiger partial charge < -0.3 is 9.67 Å². The van der Waals surface area contributed by atoms with Crippen molar-refractivity contribution in [2.24, 2.45) is 0 Å². The van der Waals surface area contributed by atoms with Crippen LogP contribution in [0.4, 0.5) is 0 Å². The van der Waals surface area contributed by atoms with E-state index in [9.17, 15) is 9.00 Å². The van der Waals surface area contributed by atoms with E-state index in [2.05, 4.69) is 4.98 Å². The normalized spacial score (nSPS) is 16.4. The highest BCUT2D eigenvalue weighted by atomic mass is 32.2. The van der Waals surface area contributed by atoms with E-state index >= 15 is 0 Å². The van der Waals surface area contributed by atoms with Crippen molar-refractivity contribution in [2.75, 3.05) is 12.0 Å². The van der Waals surface area contributed by atoms with Gasteiger partial charge in [0.25, 0.3) is 0 Å². The van der Waals surface area contributed by atoms with E-state index in [-0.39, 0.29) is 5.56 Å². The Bertz CT molecular complexity index is 704. The zero-order valence-electron chi connectivity index (χ0n) is 11.2. The third-order valence-corrected chi connectivity index (χ3v) is 4.33. The number of rotatable bonds is 5. The van der Waals surface area contributed by atoms with Gasteiger partial charge in [0.1, 0.15) is 5.82 Å². The Morgan fingerprint density at radius 2 is 2.25 bits per heavy atom. The number of hydrogen-bond donors (Lipinski definition) is 1. The van der Waals surface area contributed by atoms with E-state index in [1.165, 1.54) is 0 Å². The van der Waals surface area contributed by atoms with E-state index in [4.69, 9.17) is 5.11 Å². The van der Waals surface area contributed by atoms with Gasteiger partial charge >= 0.3 is 5.97 Å². The third-order valence-electron chi connectivity index (χ3n) is 3.57. The summed E-state index contributed by atoms with van der Waals surface area (Å²) < 4.78 is 13.4. The maximum atomic E-state index is 11.3. The molecule has 1 fully saturated rings. The number of fused-ring (bicyclic) bond motifs is 1. The molecule has 5 nitrogen and oxygen atoms in total. The van der Waals surface area contributed by atoms with Crippen LogP contribution in [0.5, 0.6) is 0 Å². The Balaban J connectivity index is 2.09. The second kappa shape index (κ2) is 5.01. The largest absolute Gasteiger partial charge is 0.478 e. The lowest BCUT2D eigenvalue weighted by Crippen LogP contribution is -2.09. The smallest absolute Gasteiger partial charge is 0.335 e. The predicted molar refractivity (Wildman–Crippen MR) is 77.6 cm³/mol. The Morgan fingerprint density at radius 3 is 2.85 bits per heavy atom. The van der Waals surface area contributed by atoms with Gasteiger partial charge in [-0.15, -0.1) is 0 Å². The molecule has 0 aliphatic heterocycles. The summed E-state index contributed by atoms with van der Waals surface area (Å²) in [5.41, 5.74) is 1.91. The Kier molecular flexibility index (Phi) is 3.33. The summed E-state index contributed by atoms with van der Waals surface area (Å²) in [6.45, 7) is 0.620. The van der Waals surface area contributed by atoms with Crippen molar-refractivity contribution in [3.63, 3.8) is 0 Å². The highest BCUT2D eigenvalue weighted by Crippen LogP contribution is 2.40. The van der Waals surface area contributed by atoms with Crippen LogP contribution in [-0.4, -0.2) is 36.8 Å². The van der Waals surface area contributed by atoms with Crippen LogP contribution in [-0.2, 0) is 17.3 Å². The van der Waals surface area contributed by atoms with Gasteiger partial charge in [0.15, 0.2) is 0 Å². The molecule has 1 unspecified atom stereocenters. The van der Waals surface area contributed by atoms with Gasteiger partial charge in [0.05, 0.1) is 16.6 Å². The molecule has 1 aliphatic carbocycles. The minimum absolute atomic E-state index is 0.263. The van der Waals surface area contributed by atoms with Crippen molar-refractivity contribution in [3.05, 3.63) is 29.6 Å². The minimum atomic E-state index is -0.938. The predicted octanol–water partition coefficient (Wildman–Crippen LogP) is 1.99. The Hall–Kier alpha value is -1.69. The molecule has 1 aliphatic rings. The summed E-state index contributed by atoms with van der Waals surface area (Å²) in [6, 6.07) is 5.00. The lowest BCUT2D eigenvalue weighted by molar-refractivity contribution is 0.0697. The average Bonchev–Trinajstić information content (AvgIpc) is 3.17. The number of aromatic nitrogens is 2. The SMILES string of the molecule is CS(=O)CCn1c(C2CC2)nc2ccc(C(=O)O)cc21. The minimum Gasteiger partial charge on any atom is -0.478 e. The van der Waals surface area contributed by atoms with E-state index in [0.29, 0.717) is 18.2 Å². The van der Waals surface area contributed by atoms with Crippen LogP contribution in [0.25, 0.3) is 11.0 Å². The standard InChI is InChI=1S/C14H16N2O3S/c1-20(19)7-6-16-12-8-10(14(17)18)4-5-11(12)15-13(16)9-2-3-9/h4-5,8-9H,2-3,6-7H2,1H3,(H,17,18). The van der Waals surface area contributed by atoms with Crippen molar-refractivity contribution < 1.29 is 14.1 Å². The number of carbonyl (C=O) groups is 1. The quantitative estimate of drug-likeness (QED) is 0.914. The molecule has 0 spiro atoms. The number of carboxylic acid groups (broad SMARTS) is 1. The summed E-state index contributed by atoms with van der Waals surface area (Å²) in [5.74, 6) is 1.10. The summed E-state index contributed by atoms with van der Waals surface area (Å²) in [7, 11) is -0.873. The van der Waals surface area contributed by atoms with Crippen molar-refractivity contribution in [1.29, 1.82) is 0 Å². The number of aromatic carboxylic acids is 1. The van der Waals surface area contributed by atoms with Gasteiger partial charge in [0, 0.05) is 35.3 Å². The first kappa shape index (κ1) is 13.3. The van der Waals surface area contributed by atoms with Gasteiger partial charge in [-0.3, -0.25) is 4.21 Å². The molecule has 1 atom stereocenters. The van der Waals surface area contributed by atoms with Crippen molar-refractivity contribution in [2.45, 2.75) is 25.3 Å². The molecule has 106 valence electrons. The topological polar surface area (TPSA) is 72.2 Å². The number of carboxylic acids is 1. The molecule has 0 bridgehead atoms. The molecule has 3 rings (SSSR count). The van der Waals surface area contributed by atoms with E-state index in [0.717, 1.165) is 29.7 Å². The summed E-state index contributed by atoms with van der Waals surface area (Å²) >= 11 is 0. The van der Waals surface area contributed by atoms with Crippen LogP contribution in [0.3, 0.4) is 0 Å². The molecular formula is C14H16N2O3S. The van der Waals surface area contributed by atoms with Crippen LogP contribution < -0.4 is 0 Å². The second-order valence-electron chi connectivity index (χ2n) is 5.18. The van der Waals surface area contributed by atoms with Gasteiger partial charge in [0.2, 0.25) is 0 Å². The number of aryl methyl sites for hydroxylation is 1. The van der Waals surface area contributed by atoms with E-state index in [1.54, 1.807) is 24.5 Å². The summed E-state index contributed by atoms with van der Waals surface area (Å²) in [6.07, 6.45) is 3.94. The van der Waals surface area contributed by atoms with Crippen molar-refractivity contribution >= 4 is 27.8 Å². The number of nitrogens with zero attached hydrogens (tertiary/aromatic N) is 2. The molecule has 6 heteroatoms. The zero-order valence-corrected chi connectivity index (χ0v) is 12.0. The molecule has 0 amide bonds. The first-order valence-corrected chi connectivity index (χ1v) is 8.32. The zero-order chi connectivity index (χ0) is 14.3. The molecule has 0 saturated heterocycles. The van der Waals surface area contributed by atoms with Crippen molar-refractivity contribution in [3.8, 4) is 0 Å². The molecule has 0 radical (unpaired) electrons. The van der Waals surface area contributed by atoms with Crippen LogP contribution in [0.2, 0.25) is 0 Å². The maximum Gasteiger partial charge on any atom is 0.335 e. The molecule has 20 heavy (non-hydrogen) atoms. The molecular weight excluding hydrogens is 276 g/mol. The van der Waals surface area contributed by atoms with Gasteiger partial charge in [-0.2, -0.15) is 0 Å². The molecule has 1 heterocycles. The fourth-order valence-electron chi connectivity index (χ4n) is 2.38. The lowest BCUT2D eigenvalue weighted by Gasteiger charge is -2.07. The van der Waals surface area contributed by atoms with Crippen LogP contribution in [0.1, 0.15) is 34.9 Å². The van der Waals surface area contributed by atoms with E-state index in [1.807, 2.05) is 4.57 Å². The van der Waals surface area contributed by atoms with Gasteiger partial charge in [-0.1, -0.05) is 0 Å². The number of hydrogen-bond acceptors (Lipinski definition) is 3. The number of imidazole rings is 1. The highest BCUT2D eigenvalue weighted by molar-refractivity contribution is 7.84. The van der Waals surface area contributed by atoms with Crippen molar-refractivity contribution in [1.82, 2.24) is 9.55 Å². The maximum absolute atomic E-state index is 11.3. The summed E-state index contributed by atoms with van der Waals surface area (Å²) in [5, 5.41) is 9.10. The Labute approximate surface area is 119 Å². The van der Waals surface area contributed by atoms with Crippen LogP contribution in [0, 0.1) is 0 Å². The third kappa shape index (κ3) is 2.47. The highest BCUT2D eigenvalue weighted by Gasteiger charge is 2.29. The van der Waals surface area contributed by atoms with Gasteiger partial charge in [-0.25, -0.2) is 9.78 Å². The first-order chi connectivity index (χ1) is 9.56. The molecule has 2 aromatic rings.